The molecule has 3 rings (SSSR count). The first-order valence-electron chi connectivity index (χ1n) is 7.84. The van der Waals surface area contributed by atoms with Crippen molar-refractivity contribution in [1.82, 2.24) is 15.1 Å². The monoisotopic (exact) mass is 301 g/mol. The lowest BCUT2D eigenvalue weighted by atomic mass is 9.96. The van der Waals surface area contributed by atoms with Gasteiger partial charge >= 0.3 is 0 Å². The van der Waals surface area contributed by atoms with Gasteiger partial charge in [-0.25, -0.2) is 0 Å². The molecule has 1 aromatic heterocycles. The first-order chi connectivity index (χ1) is 10.6. The Kier molecular flexibility index (Phi) is 4.55. The number of benzene rings is 1. The Morgan fingerprint density at radius 1 is 1.27 bits per heavy atom. The molecule has 22 heavy (non-hydrogen) atoms. The molecular formula is C17H23N3O2. The van der Waals surface area contributed by atoms with Crippen LogP contribution >= 0.6 is 0 Å². The predicted molar refractivity (Wildman–Crippen MR) is 83.5 cm³/mol. The molecular weight excluding hydrogens is 278 g/mol. The molecule has 1 saturated heterocycles. The second kappa shape index (κ2) is 6.58. The number of rotatable bonds is 4. The summed E-state index contributed by atoms with van der Waals surface area (Å²) in [5.41, 5.74) is 2.76. The van der Waals surface area contributed by atoms with Crippen LogP contribution in [0.4, 0.5) is 0 Å². The SMILES string of the molecule is Cc1nnc(C2COCCN2Cc2ccccc2C(C)C)o1. The van der Waals surface area contributed by atoms with E-state index in [1.807, 2.05) is 6.92 Å². The molecule has 1 aliphatic rings. The zero-order valence-corrected chi connectivity index (χ0v) is 13.5. The number of hydrogen-bond donors (Lipinski definition) is 0. The lowest BCUT2D eigenvalue weighted by molar-refractivity contribution is -0.0227. The summed E-state index contributed by atoms with van der Waals surface area (Å²) >= 11 is 0. The van der Waals surface area contributed by atoms with Gasteiger partial charge in [0.2, 0.25) is 11.8 Å². The highest BCUT2D eigenvalue weighted by molar-refractivity contribution is 5.29. The van der Waals surface area contributed by atoms with Crippen LogP contribution in [0.5, 0.6) is 0 Å². The summed E-state index contributed by atoms with van der Waals surface area (Å²) in [7, 11) is 0. The maximum absolute atomic E-state index is 5.62. The van der Waals surface area contributed by atoms with Crippen LogP contribution in [0.3, 0.4) is 0 Å². The molecule has 1 aromatic carbocycles. The lowest BCUT2D eigenvalue weighted by Crippen LogP contribution is -2.39. The lowest BCUT2D eigenvalue weighted by Gasteiger charge is -2.34. The zero-order valence-electron chi connectivity index (χ0n) is 13.5. The van der Waals surface area contributed by atoms with Crippen molar-refractivity contribution in [2.45, 2.75) is 39.3 Å². The largest absolute Gasteiger partial charge is 0.424 e. The molecule has 118 valence electrons. The van der Waals surface area contributed by atoms with Crippen molar-refractivity contribution in [2.75, 3.05) is 19.8 Å². The number of aryl methyl sites for hydroxylation is 1. The fourth-order valence-electron chi connectivity index (χ4n) is 2.96. The van der Waals surface area contributed by atoms with E-state index >= 15 is 0 Å². The topological polar surface area (TPSA) is 51.4 Å². The number of nitrogens with zero attached hydrogens (tertiary/aromatic N) is 3. The Morgan fingerprint density at radius 2 is 2.09 bits per heavy atom. The highest BCUT2D eigenvalue weighted by Crippen LogP contribution is 2.27. The van der Waals surface area contributed by atoms with E-state index in [9.17, 15) is 0 Å². The third kappa shape index (κ3) is 3.20. The minimum Gasteiger partial charge on any atom is -0.424 e. The molecule has 2 aromatic rings. The highest BCUT2D eigenvalue weighted by atomic mass is 16.5. The zero-order chi connectivity index (χ0) is 15.5. The normalized spacial score (nSPS) is 19.7. The van der Waals surface area contributed by atoms with E-state index < -0.39 is 0 Å². The summed E-state index contributed by atoms with van der Waals surface area (Å²) in [5.74, 6) is 1.77. The Hall–Kier alpha value is -1.72. The molecule has 1 atom stereocenters. The van der Waals surface area contributed by atoms with E-state index in [2.05, 4.69) is 53.2 Å². The summed E-state index contributed by atoms with van der Waals surface area (Å²) in [5, 5.41) is 8.13. The summed E-state index contributed by atoms with van der Waals surface area (Å²) < 4.78 is 11.2. The molecule has 1 fully saturated rings. The van der Waals surface area contributed by atoms with E-state index in [4.69, 9.17) is 9.15 Å². The van der Waals surface area contributed by atoms with Crippen molar-refractivity contribution in [3.05, 3.63) is 47.2 Å². The van der Waals surface area contributed by atoms with E-state index in [0.29, 0.717) is 24.3 Å². The van der Waals surface area contributed by atoms with Crippen LogP contribution in [0, 0.1) is 6.92 Å². The van der Waals surface area contributed by atoms with Crippen molar-refractivity contribution < 1.29 is 9.15 Å². The smallest absolute Gasteiger partial charge is 0.235 e. The summed E-state index contributed by atoms with van der Waals surface area (Å²) in [4.78, 5) is 2.37. The van der Waals surface area contributed by atoms with Crippen molar-refractivity contribution in [3.8, 4) is 0 Å². The van der Waals surface area contributed by atoms with Gasteiger partial charge in [-0.1, -0.05) is 38.1 Å². The second-order valence-electron chi connectivity index (χ2n) is 6.07. The Morgan fingerprint density at radius 3 is 2.82 bits per heavy atom. The van der Waals surface area contributed by atoms with Crippen molar-refractivity contribution in [1.29, 1.82) is 0 Å². The van der Waals surface area contributed by atoms with Crippen LogP contribution < -0.4 is 0 Å². The molecule has 2 heterocycles. The average molecular weight is 301 g/mol. The van der Waals surface area contributed by atoms with Gasteiger partial charge in [0.15, 0.2) is 0 Å². The molecule has 0 spiro atoms. The molecule has 0 aliphatic carbocycles. The quantitative estimate of drug-likeness (QED) is 0.868. The number of morpholine rings is 1. The standard InChI is InChI=1S/C17H23N3O2/c1-12(2)15-7-5-4-6-14(15)10-20-8-9-21-11-16(20)17-19-18-13(3)22-17/h4-7,12,16H,8-11H2,1-3H3. The minimum atomic E-state index is 0.0372. The molecule has 0 bridgehead atoms. The maximum Gasteiger partial charge on any atom is 0.235 e. The van der Waals surface area contributed by atoms with Crippen molar-refractivity contribution >= 4 is 0 Å². The predicted octanol–water partition coefficient (Wildman–Crippen LogP) is 3.07. The fourth-order valence-corrected chi connectivity index (χ4v) is 2.96. The van der Waals surface area contributed by atoms with Gasteiger partial charge in [-0.3, -0.25) is 4.90 Å². The molecule has 0 amide bonds. The summed E-state index contributed by atoms with van der Waals surface area (Å²) in [6.07, 6.45) is 0. The number of ether oxygens (including phenoxy) is 1. The van der Waals surface area contributed by atoms with Crippen LogP contribution in [0.25, 0.3) is 0 Å². The van der Waals surface area contributed by atoms with Crippen LogP contribution in [0.1, 0.15) is 48.7 Å². The van der Waals surface area contributed by atoms with Gasteiger partial charge in [-0.05, 0) is 17.0 Å². The van der Waals surface area contributed by atoms with Crippen molar-refractivity contribution in [3.63, 3.8) is 0 Å². The molecule has 0 N–H and O–H groups in total. The van der Waals surface area contributed by atoms with Gasteiger partial charge in [-0.2, -0.15) is 0 Å². The van der Waals surface area contributed by atoms with Crippen LogP contribution in [0.15, 0.2) is 28.7 Å². The first-order valence-corrected chi connectivity index (χ1v) is 7.84. The van der Waals surface area contributed by atoms with Gasteiger partial charge in [0.25, 0.3) is 0 Å². The van der Waals surface area contributed by atoms with Crippen LogP contribution in [0.2, 0.25) is 0 Å². The molecule has 0 radical (unpaired) electrons. The number of aromatic nitrogens is 2. The first kappa shape index (κ1) is 15.2. The van der Waals surface area contributed by atoms with Gasteiger partial charge in [0, 0.05) is 20.0 Å². The molecule has 5 heteroatoms. The van der Waals surface area contributed by atoms with Crippen LogP contribution in [-0.4, -0.2) is 34.9 Å². The minimum absolute atomic E-state index is 0.0372. The molecule has 0 saturated carbocycles. The van der Waals surface area contributed by atoms with Gasteiger partial charge in [-0.15, -0.1) is 10.2 Å². The van der Waals surface area contributed by atoms with E-state index in [-0.39, 0.29) is 6.04 Å². The Labute approximate surface area is 131 Å². The third-order valence-electron chi connectivity index (χ3n) is 4.12. The van der Waals surface area contributed by atoms with E-state index in [1.165, 1.54) is 11.1 Å². The number of hydrogen-bond acceptors (Lipinski definition) is 5. The highest BCUT2D eigenvalue weighted by Gasteiger charge is 2.29. The summed E-state index contributed by atoms with van der Waals surface area (Å²) in [6.45, 7) is 9.38. The van der Waals surface area contributed by atoms with E-state index in [1.54, 1.807) is 0 Å². The van der Waals surface area contributed by atoms with Crippen LogP contribution in [-0.2, 0) is 11.3 Å². The van der Waals surface area contributed by atoms with Crippen molar-refractivity contribution in [2.24, 2.45) is 0 Å². The van der Waals surface area contributed by atoms with E-state index in [0.717, 1.165) is 19.7 Å². The Balaban J connectivity index is 1.83. The molecule has 1 unspecified atom stereocenters. The molecule has 5 nitrogen and oxygen atoms in total. The third-order valence-corrected chi connectivity index (χ3v) is 4.12. The average Bonchev–Trinajstić information content (AvgIpc) is 2.94. The summed E-state index contributed by atoms with van der Waals surface area (Å²) in [6, 6.07) is 8.67. The van der Waals surface area contributed by atoms with Gasteiger partial charge < -0.3 is 9.15 Å². The van der Waals surface area contributed by atoms with Gasteiger partial charge in [0.05, 0.1) is 13.2 Å². The van der Waals surface area contributed by atoms with Gasteiger partial charge in [0.1, 0.15) is 6.04 Å². The second-order valence-corrected chi connectivity index (χ2v) is 6.07. The fraction of sp³-hybridized carbons (Fsp3) is 0.529. The molecule has 1 aliphatic heterocycles. The Bertz CT molecular complexity index is 624. The maximum atomic E-state index is 5.62.